The van der Waals surface area contributed by atoms with Gasteiger partial charge in [0.2, 0.25) is 6.10 Å². The Balaban J connectivity index is 1.75. The summed E-state index contributed by atoms with van der Waals surface area (Å²) in [6, 6.07) is 11.5. The molecule has 1 aliphatic heterocycles. The molecule has 1 aromatic heterocycles. The summed E-state index contributed by atoms with van der Waals surface area (Å²) in [7, 11) is -3.43. The van der Waals surface area contributed by atoms with Crippen LogP contribution in [0.15, 0.2) is 52.4 Å². The first-order chi connectivity index (χ1) is 15.3. The van der Waals surface area contributed by atoms with Crippen molar-refractivity contribution < 1.29 is 32.2 Å². The van der Waals surface area contributed by atoms with E-state index in [0.717, 1.165) is 17.6 Å². The largest absolute Gasteiger partial charge is 0.485 e. The van der Waals surface area contributed by atoms with Crippen LogP contribution in [0, 0.1) is 0 Å². The predicted molar refractivity (Wildman–Crippen MR) is 116 cm³/mol. The molecule has 32 heavy (non-hydrogen) atoms. The number of rotatable bonds is 5. The second kappa shape index (κ2) is 8.75. The maximum Gasteiger partial charge on any atom is 0.326 e. The lowest BCUT2D eigenvalue weighted by Crippen LogP contribution is -2.37. The highest BCUT2D eigenvalue weighted by atomic mass is 32.2. The Bertz CT molecular complexity index is 1370. The number of carbonyl (C=O) groups is 2. The predicted octanol–water partition coefficient (Wildman–Crippen LogP) is 1.94. The fraction of sp³-hybridized carbons (Fsp3) is 0.286. The topological polar surface area (TPSA) is 113 Å². The first-order valence-corrected chi connectivity index (χ1v) is 12.4. The summed E-state index contributed by atoms with van der Waals surface area (Å²) in [6.45, 7) is 1.72. The number of hydrogen-bond acceptors (Lipinski definition) is 8. The van der Waals surface area contributed by atoms with Crippen molar-refractivity contribution in [3.63, 3.8) is 0 Å². The van der Waals surface area contributed by atoms with Gasteiger partial charge in [0, 0.05) is 6.26 Å². The molecule has 2 aromatic carbocycles. The first-order valence-electron chi connectivity index (χ1n) is 9.72. The van der Waals surface area contributed by atoms with Gasteiger partial charge in [-0.1, -0.05) is 23.5 Å². The van der Waals surface area contributed by atoms with E-state index in [0.29, 0.717) is 21.7 Å². The fourth-order valence-corrected chi connectivity index (χ4v) is 4.96. The van der Waals surface area contributed by atoms with Crippen LogP contribution in [-0.2, 0) is 30.7 Å². The highest BCUT2D eigenvalue weighted by Gasteiger charge is 2.27. The van der Waals surface area contributed by atoms with Gasteiger partial charge in [-0.05, 0) is 37.3 Å². The number of carbonyl (C=O) groups excluding carboxylic acids is 2. The molecule has 1 amide bonds. The van der Waals surface area contributed by atoms with Crippen LogP contribution in [-0.4, -0.2) is 50.4 Å². The number of hydrogen-bond donors (Lipinski definition) is 0. The van der Waals surface area contributed by atoms with Crippen LogP contribution in [0.5, 0.6) is 11.5 Å². The van der Waals surface area contributed by atoms with Crippen LogP contribution < -0.4 is 14.3 Å². The zero-order valence-electron chi connectivity index (χ0n) is 17.3. The zero-order chi connectivity index (χ0) is 22.9. The van der Waals surface area contributed by atoms with E-state index in [1.807, 2.05) is 0 Å². The van der Waals surface area contributed by atoms with Crippen LogP contribution in [0.1, 0.15) is 6.92 Å². The molecule has 1 aliphatic rings. The standard InChI is InChI=1S/C21H20N2O7S2/c1-3-28-19(24)11-23-14-9-8-13(32(2,26)27)10-18(14)31-21(23)22-20(25)17-12-29-15-6-4-5-7-16(15)30-17/h4-10,17H,3,11-12H2,1-2H3. The van der Waals surface area contributed by atoms with Crippen molar-refractivity contribution in [3.8, 4) is 11.5 Å². The molecule has 168 valence electrons. The summed E-state index contributed by atoms with van der Waals surface area (Å²) in [5, 5.41) is 0. The molecule has 3 aromatic rings. The number of fused-ring (bicyclic) bond motifs is 2. The Labute approximate surface area is 187 Å². The minimum Gasteiger partial charge on any atom is -0.485 e. The van der Waals surface area contributed by atoms with Gasteiger partial charge < -0.3 is 18.8 Å². The van der Waals surface area contributed by atoms with Crippen molar-refractivity contribution in [2.24, 2.45) is 4.99 Å². The summed E-state index contributed by atoms with van der Waals surface area (Å²) < 4.78 is 42.3. The minimum absolute atomic E-state index is 0.000342. The Morgan fingerprint density at radius 1 is 1.22 bits per heavy atom. The Morgan fingerprint density at radius 2 is 1.97 bits per heavy atom. The summed E-state index contributed by atoms with van der Waals surface area (Å²) in [6.07, 6.45) is 0.166. The molecular formula is C21H20N2O7S2. The average molecular weight is 477 g/mol. The molecular weight excluding hydrogens is 456 g/mol. The van der Waals surface area contributed by atoms with Gasteiger partial charge in [-0.25, -0.2) is 8.42 Å². The fourth-order valence-electron chi connectivity index (χ4n) is 3.17. The monoisotopic (exact) mass is 476 g/mol. The number of sulfone groups is 1. The highest BCUT2D eigenvalue weighted by molar-refractivity contribution is 7.90. The van der Waals surface area contributed by atoms with E-state index in [1.165, 1.54) is 16.7 Å². The minimum atomic E-state index is -3.43. The van der Waals surface area contributed by atoms with Gasteiger partial charge in [-0.15, -0.1) is 0 Å². The first kappa shape index (κ1) is 22.0. The lowest BCUT2D eigenvalue weighted by Gasteiger charge is -2.23. The smallest absolute Gasteiger partial charge is 0.326 e. The molecule has 11 heteroatoms. The molecule has 0 fully saturated rings. The van der Waals surface area contributed by atoms with Crippen molar-refractivity contribution in [3.05, 3.63) is 47.3 Å². The number of aromatic nitrogens is 1. The van der Waals surface area contributed by atoms with E-state index in [-0.39, 0.29) is 29.5 Å². The third kappa shape index (κ3) is 4.53. The van der Waals surface area contributed by atoms with Gasteiger partial charge in [0.25, 0.3) is 5.91 Å². The van der Waals surface area contributed by atoms with Crippen LogP contribution in [0.3, 0.4) is 0 Å². The number of benzene rings is 2. The van der Waals surface area contributed by atoms with Gasteiger partial charge in [-0.2, -0.15) is 4.99 Å². The number of esters is 1. The number of ether oxygens (including phenoxy) is 3. The second-order valence-electron chi connectivity index (χ2n) is 6.99. The summed E-state index contributed by atoms with van der Waals surface area (Å²) >= 11 is 1.10. The molecule has 0 saturated heterocycles. The maximum absolute atomic E-state index is 12.9. The molecule has 0 bridgehead atoms. The third-order valence-corrected chi connectivity index (χ3v) is 6.82. The van der Waals surface area contributed by atoms with E-state index >= 15 is 0 Å². The Morgan fingerprint density at radius 3 is 2.69 bits per heavy atom. The van der Waals surface area contributed by atoms with Gasteiger partial charge in [0.1, 0.15) is 13.2 Å². The SMILES string of the molecule is CCOC(=O)Cn1c(=NC(=O)C2COc3ccccc3O2)sc2cc(S(C)(=O)=O)ccc21. The highest BCUT2D eigenvalue weighted by Crippen LogP contribution is 2.31. The normalized spacial score (nSPS) is 16.2. The Kier molecular flexibility index (Phi) is 6.02. The summed E-state index contributed by atoms with van der Waals surface area (Å²) in [5.74, 6) is -0.0867. The van der Waals surface area contributed by atoms with Gasteiger partial charge in [0.05, 0.1) is 21.7 Å². The Hall–Kier alpha value is -3.18. The molecule has 2 heterocycles. The van der Waals surface area contributed by atoms with Gasteiger partial charge in [-0.3, -0.25) is 9.59 Å². The molecule has 0 aliphatic carbocycles. The van der Waals surface area contributed by atoms with Crippen LogP contribution >= 0.6 is 11.3 Å². The number of amides is 1. The number of thiazole rings is 1. The van der Waals surface area contributed by atoms with E-state index in [2.05, 4.69) is 4.99 Å². The van der Waals surface area contributed by atoms with Crippen LogP contribution in [0.2, 0.25) is 0 Å². The van der Waals surface area contributed by atoms with Gasteiger partial charge >= 0.3 is 5.97 Å². The maximum atomic E-state index is 12.9. The molecule has 0 saturated carbocycles. The summed E-state index contributed by atoms with van der Waals surface area (Å²) in [4.78, 5) is 29.5. The molecule has 0 spiro atoms. The second-order valence-corrected chi connectivity index (χ2v) is 10.0. The number of para-hydroxylation sites is 2. The molecule has 1 unspecified atom stereocenters. The van der Waals surface area contributed by atoms with E-state index in [9.17, 15) is 18.0 Å². The van der Waals surface area contributed by atoms with E-state index < -0.39 is 27.8 Å². The van der Waals surface area contributed by atoms with E-state index in [4.69, 9.17) is 14.2 Å². The molecule has 9 nitrogen and oxygen atoms in total. The van der Waals surface area contributed by atoms with Crippen LogP contribution in [0.4, 0.5) is 0 Å². The van der Waals surface area contributed by atoms with Gasteiger partial charge in [0.15, 0.2) is 26.1 Å². The zero-order valence-corrected chi connectivity index (χ0v) is 18.9. The summed E-state index contributed by atoms with van der Waals surface area (Å²) in [5.41, 5.74) is 0.563. The van der Waals surface area contributed by atoms with Crippen molar-refractivity contribution in [1.29, 1.82) is 0 Å². The molecule has 4 rings (SSSR count). The van der Waals surface area contributed by atoms with Crippen molar-refractivity contribution in [1.82, 2.24) is 4.57 Å². The van der Waals surface area contributed by atoms with Crippen molar-refractivity contribution in [2.45, 2.75) is 24.5 Å². The lowest BCUT2D eigenvalue weighted by atomic mass is 10.2. The van der Waals surface area contributed by atoms with Crippen molar-refractivity contribution in [2.75, 3.05) is 19.5 Å². The number of nitrogens with zero attached hydrogens (tertiary/aromatic N) is 2. The quantitative estimate of drug-likeness (QED) is 0.517. The molecule has 0 radical (unpaired) electrons. The molecule has 0 N–H and O–H groups in total. The third-order valence-electron chi connectivity index (χ3n) is 4.66. The average Bonchev–Trinajstić information content (AvgIpc) is 3.09. The van der Waals surface area contributed by atoms with E-state index in [1.54, 1.807) is 37.3 Å². The van der Waals surface area contributed by atoms with Crippen molar-refractivity contribution >= 4 is 43.3 Å². The lowest BCUT2D eigenvalue weighted by molar-refractivity contribution is -0.143. The molecule has 1 atom stereocenters. The van der Waals surface area contributed by atoms with Crippen LogP contribution in [0.25, 0.3) is 10.2 Å².